The molecule has 4 heterocycles. The molecule has 2 aliphatic rings. The second-order valence-corrected chi connectivity index (χ2v) is 23.8. The van der Waals surface area contributed by atoms with Gasteiger partial charge in [-0.1, -0.05) is 143 Å². The van der Waals surface area contributed by atoms with Crippen LogP contribution in [0.4, 0.5) is 34.1 Å². The van der Waals surface area contributed by atoms with E-state index in [1.54, 1.807) is 0 Å². The van der Waals surface area contributed by atoms with Crippen molar-refractivity contribution >= 4 is 109 Å². The second-order valence-electron chi connectivity index (χ2n) is 21.6. The fourth-order valence-corrected chi connectivity index (χ4v) is 12.8. The number of hydrogen-bond acceptors (Lipinski definition) is 4. The van der Waals surface area contributed by atoms with Crippen LogP contribution in [0.3, 0.4) is 0 Å². The molecular formula is C60H59BN2S2. The number of rotatable bonds is 6. The Morgan fingerprint density at radius 3 is 1.88 bits per heavy atom. The van der Waals surface area contributed by atoms with Crippen LogP contribution in [0, 0.1) is 0 Å². The molecule has 11 rings (SSSR count). The lowest BCUT2D eigenvalue weighted by Gasteiger charge is -2.44. The predicted molar refractivity (Wildman–Crippen MR) is 289 cm³/mol. The highest BCUT2D eigenvalue weighted by molar-refractivity contribution is 7.33. The summed E-state index contributed by atoms with van der Waals surface area (Å²) in [5.74, 6) is 0.390. The van der Waals surface area contributed by atoms with Crippen molar-refractivity contribution in [2.75, 3.05) is 9.80 Å². The molecule has 0 saturated heterocycles. The topological polar surface area (TPSA) is 6.48 Å². The molecule has 7 aromatic carbocycles. The highest BCUT2D eigenvalue weighted by atomic mass is 32.1. The molecule has 0 N–H and O–H groups in total. The van der Waals surface area contributed by atoms with Crippen LogP contribution in [0.1, 0.15) is 111 Å². The van der Waals surface area contributed by atoms with Gasteiger partial charge in [-0.15, -0.1) is 22.7 Å². The van der Waals surface area contributed by atoms with Crippen LogP contribution in [-0.2, 0) is 16.2 Å². The quantitative estimate of drug-likeness (QED) is 0.154. The zero-order valence-electron chi connectivity index (χ0n) is 39.9. The standard InChI is InChI=1S/C60H59BN2S2/c1-12-60(10,11)39-22-26-42(27-23-39)62-50-17-15-18-51-55(50)61(57-56(62)46-35-41(59(7,8)9)25-31-54(46)65-57)47-33-37(36(2)3)20-28-49(47)63(51)48-29-24-40(58(4,5)6)34-44(48)38-21-30-53-45(32-38)43-16-13-14-19-52(43)64-53/h13-36H,12H2,1-11H3. The Bertz CT molecular complexity index is 3350. The molecule has 2 aliphatic heterocycles. The maximum Gasteiger partial charge on any atom is 0.264 e. The summed E-state index contributed by atoms with van der Waals surface area (Å²) < 4.78 is 5.42. The Balaban J connectivity index is 1.21. The van der Waals surface area contributed by atoms with Gasteiger partial charge in [0.05, 0.1) is 11.4 Å². The Morgan fingerprint density at radius 1 is 0.523 bits per heavy atom. The van der Waals surface area contributed by atoms with Crippen molar-refractivity contribution in [3.05, 3.63) is 162 Å². The van der Waals surface area contributed by atoms with Crippen LogP contribution in [0.5, 0.6) is 0 Å². The summed E-state index contributed by atoms with van der Waals surface area (Å²) >= 11 is 3.88. The van der Waals surface area contributed by atoms with Crippen molar-refractivity contribution in [1.82, 2.24) is 0 Å². The molecule has 65 heavy (non-hydrogen) atoms. The van der Waals surface area contributed by atoms with E-state index < -0.39 is 0 Å². The minimum absolute atomic E-state index is 0.0202. The second kappa shape index (κ2) is 15.0. The molecular weight excluding hydrogens is 824 g/mol. The third kappa shape index (κ3) is 6.71. The lowest BCUT2D eigenvalue weighted by Crippen LogP contribution is -2.60. The smallest absolute Gasteiger partial charge is 0.264 e. The highest BCUT2D eigenvalue weighted by Gasteiger charge is 2.46. The fraction of sp³-hybridized carbons (Fsp3) is 0.267. The number of anilines is 6. The Hall–Kier alpha value is -5.62. The van der Waals surface area contributed by atoms with E-state index in [0.29, 0.717) is 5.92 Å². The van der Waals surface area contributed by atoms with Crippen molar-refractivity contribution < 1.29 is 0 Å². The minimum atomic E-state index is -0.0255. The third-order valence-corrected chi connectivity index (χ3v) is 17.1. The Morgan fingerprint density at radius 2 is 1.15 bits per heavy atom. The first kappa shape index (κ1) is 42.0. The van der Waals surface area contributed by atoms with E-state index >= 15 is 0 Å². The van der Waals surface area contributed by atoms with Gasteiger partial charge in [-0.2, -0.15) is 0 Å². The van der Waals surface area contributed by atoms with Gasteiger partial charge in [0.2, 0.25) is 0 Å². The van der Waals surface area contributed by atoms with Gasteiger partial charge >= 0.3 is 0 Å². The first-order chi connectivity index (χ1) is 31.0. The van der Waals surface area contributed by atoms with Crippen LogP contribution in [0.25, 0.3) is 41.4 Å². The van der Waals surface area contributed by atoms with Gasteiger partial charge in [0.25, 0.3) is 6.71 Å². The van der Waals surface area contributed by atoms with Crippen molar-refractivity contribution in [2.45, 2.75) is 105 Å². The van der Waals surface area contributed by atoms with Crippen LogP contribution >= 0.6 is 22.7 Å². The van der Waals surface area contributed by atoms with E-state index in [1.165, 1.54) is 113 Å². The molecule has 0 spiro atoms. The first-order valence-corrected chi connectivity index (χ1v) is 25.3. The van der Waals surface area contributed by atoms with Gasteiger partial charge in [-0.3, -0.25) is 0 Å². The lowest BCUT2D eigenvalue weighted by atomic mass is 9.36. The maximum absolute atomic E-state index is 2.62. The van der Waals surface area contributed by atoms with E-state index in [-0.39, 0.29) is 23.0 Å². The average molecular weight is 883 g/mol. The molecule has 0 aliphatic carbocycles. The monoisotopic (exact) mass is 882 g/mol. The van der Waals surface area contributed by atoms with E-state index in [4.69, 9.17) is 0 Å². The van der Waals surface area contributed by atoms with Gasteiger partial charge in [0.15, 0.2) is 0 Å². The summed E-state index contributed by atoms with van der Waals surface area (Å²) in [7, 11) is 0. The molecule has 0 atom stereocenters. The number of thiophene rings is 2. The molecule has 0 unspecified atom stereocenters. The Labute approximate surface area is 394 Å². The summed E-state index contributed by atoms with van der Waals surface area (Å²) in [5.41, 5.74) is 18.3. The van der Waals surface area contributed by atoms with Gasteiger partial charge in [0, 0.05) is 63.3 Å². The van der Waals surface area contributed by atoms with E-state index in [1.807, 2.05) is 22.7 Å². The number of benzene rings is 7. The van der Waals surface area contributed by atoms with Crippen molar-refractivity contribution in [3.63, 3.8) is 0 Å². The molecule has 324 valence electrons. The van der Waals surface area contributed by atoms with Crippen molar-refractivity contribution in [2.24, 2.45) is 0 Å². The summed E-state index contributed by atoms with van der Waals surface area (Å²) in [5, 5.41) is 3.99. The maximum atomic E-state index is 2.62. The number of nitrogens with zero attached hydrogens (tertiary/aromatic N) is 2. The summed E-state index contributed by atoms with van der Waals surface area (Å²) in [6.45, 7) is 25.8. The van der Waals surface area contributed by atoms with Gasteiger partial charge in [0.1, 0.15) is 0 Å². The zero-order valence-corrected chi connectivity index (χ0v) is 41.5. The van der Waals surface area contributed by atoms with Crippen LogP contribution in [0.2, 0.25) is 0 Å². The minimum Gasteiger partial charge on any atom is -0.311 e. The molecule has 0 bridgehead atoms. The number of hydrogen-bond donors (Lipinski definition) is 0. The molecule has 0 radical (unpaired) electrons. The molecule has 9 aromatic rings. The molecule has 0 saturated carbocycles. The van der Waals surface area contributed by atoms with Crippen LogP contribution in [-0.4, -0.2) is 6.71 Å². The van der Waals surface area contributed by atoms with E-state index in [0.717, 1.165) is 6.42 Å². The first-order valence-electron chi connectivity index (χ1n) is 23.6. The molecule has 0 fully saturated rings. The largest absolute Gasteiger partial charge is 0.311 e. The average Bonchev–Trinajstić information content (AvgIpc) is 3.86. The highest BCUT2D eigenvalue weighted by Crippen LogP contribution is 2.51. The normalized spacial score (nSPS) is 13.9. The van der Waals surface area contributed by atoms with Crippen LogP contribution < -0.4 is 25.5 Å². The lowest BCUT2D eigenvalue weighted by molar-refractivity contribution is 0.506. The van der Waals surface area contributed by atoms with Crippen molar-refractivity contribution in [3.8, 4) is 11.1 Å². The number of fused-ring (bicyclic) bond motifs is 9. The third-order valence-electron chi connectivity index (χ3n) is 14.7. The Kier molecular flexibility index (Phi) is 9.67. The molecule has 2 aromatic heterocycles. The van der Waals surface area contributed by atoms with Gasteiger partial charge < -0.3 is 9.80 Å². The molecule has 2 nitrogen and oxygen atoms in total. The van der Waals surface area contributed by atoms with Gasteiger partial charge in [-0.05, 0) is 140 Å². The zero-order chi connectivity index (χ0) is 45.3. The summed E-state index contributed by atoms with van der Waals surface area (Å²) in [6.07, 6.45) is 1.09. The van der Waals surface area contributed by atoms with E-state index in [2.05, 4.69) is 225 Å². The fourth-order valence-electron chi connectivity index (χ4n) is 10.4. The SMILES string of the molecule is CCC(C)(C)c1ccc(N2c3cccc4c3B(c3cc(C(C)C)ccc3N4c3ccc(C(C)(C)C)cc3-c3ccc4sc5ccccc5c4c3)c3sc4ccc(C(C)(C)C)cc4c32)cc1. The molecule has 0 amide bonds. The van der Waals surface area contributed by atoms with E-state index in [9.17, 15) is 0 Å². The van der Waals surface area contributed by atoms with Crippen molar-refractivity contribution in [1.29, 1.82) is 0 Å². The predicted octanol–water partition coefficient (Wildman–Crippen LogP) is 16.4. The van der Waals surface area contributed by atoms with Crippen LogP contribution in [0.15, 0.2) is 140 Å². The summed E-state index contributed by atoms with van der Waals surface area (Å²) in [6, 6.07) is 54.5. The summed E-state index contributed by atoms with van der Waals surface area (Å²) in [4.78, 5) is 5.24. The van der Waals surface area contributed by atoms with Gasteiger partial charge in [-0.25, -0.2) is 0 Å². The molecule has 5 heteroatoms.